The number of benzene rings is 2. The van der Waals surface area contributed by atoms with Crippen molar-refractivity contribution in [3.05, 3.63) is 76.9 Å². The smallest absolute Gasteiger partial charge is 0.252 e. The van der Waals surface area contributed by atoms with Crippen molar-refractivity contribution in [3.8, 4) is 5.75 Å². The van der Waals surface area contributed by atoms with E-state index >= 15 is 0 Å². The Labute approximate surface area is 178 Å². The lowest BCUT2D eigenvalue weighted by atomic mass is 9.51. The summed E-state index contributed by atoms with van der Waals surface area (Å²) >= 11 is 0. The van der Waals surface area contributed by atoms with Crippen LogP contribution in [0.1, 0.15) is 43.9 Å². The summed E-state index contributed by atoms with van der Waals surface area (Å²) in [6.45, 7) is 8.02. The van der Waals surface area contributed by atoms with Gasteiger partial charge < -0.3 is 10.0 Å². The molecule has 4 nitrogen and oxygen atoms in total. The predicted molar refractivity (Wildman–Crippen MR) is 119 cm³/mol. The molecule has 154 valence electrons. The average molecular weight is 401 g/mol. The molecule has 2 heterocycles. The molecule has 0 radical (unpaired) electrons. The molecule has 3 aliphatic rings. The molecular weight excluding hydrogens is 372 g/mol. The Morgan fingerprint density at radius 1 is 1.10 bits per heavy atom. The zero-order valence-corrected chi connectivity index (χ0v) is 17.9. The van der Waals surface area contributed by atoms with Crippen LogP contribution in [0.2, 0.25) is 0 Å². The number of carbonyl (C=O) groups is 1. The first-order valence-electron chi connectivity index (χ1n) is 10.8. The maximum Gasteiger partial charge on any atom is 0.252 e. The molecule has 1 aliphatic carbocycles. The van der Waals surface area contributed by atoms with Gasteiger partial charge in [-0.15, -0.1) is 0 Å². The van der Waals surface area contributed by atoms with E-state index < -0.39 is 0 Å². The van der Waals surface area contributed by atoms with Crippen LogP contribution in [0.5, 0.6) is 5.75 Å². The number of phenols is 1. The first-order chi connectivity index (χ1) is 14.3. The molecule has 2 bridgehead atoms. The number of allylic oxidation sites excluding steroid dienone is 1. The van der Waals surface area contributed by atoms with E-state index in [1.54, 1.807) is 6.07 Å². The number of aliphatic imine (C=N–C) groups is 1. The Morgan fingerprint density at radius 3 is 2.63 bits per heavy atom. The molecule has 2 aromatic carbocycles. The zero-order chi connectivity index (χ0) is 21.1. The second-order valence-corrected chi connectivity index (χ2v) is 9.56. The number of piperidine rings is 1. The van der Waals surface area contributed by atoms with E-state index in [2.05, 4.69) is 31.8 Å². The van der Waals surface area contributed by atoms with Gasteiger partial charge in [-0.25, -0.2) is 0 Å². The van der Waals surface area contributed by atoms with E-state index in [1.807, 2.05) is 47.4 Å². The van der Waals surface area contributed by atoms with Gasteiger partial charge in [0.2, 0.25) is 0 Å². The van der Waals surface area contributed by atoms with Gasteiger partial charge in [-0.2, -0.15) is 0 Å². The summed E-state index contributed by atoms with van der Waals surface area (Å²) < 4.78 is 0. The fraction of sp³-hybridized carbons (Fsp3) is 0.385. The number of carbonyl (C=O) groups excluding carboxylic acids is 1. The predicted octanol–water partition coefficient (Wildman–Crippen LogP) is 4.26. The van der Waals surface area contributed by atoms with E-state index in [0.717, 1.165) is 35.4 Å². The van der Waals surface area contributed by atoms with Crippen LogP contribution in [0.4, 0.5) is 0 Å². The summed E-state index contributed by atoms with van der Waals surface area (Å²) in [5.74, 6) is 0.437. The highest BCUT2D eigenvalue weighted by atomic mass is 16.3. The molecule has 4 heteroatoms. The van der Waals surface area contributed by atoms with Crippen molar-refractivity contribution in [1.82, 2.24) is 4.90 Å². The van der Waals surface area contributed by atoms with Gasteiger partial charge in [0.15, 0.2) is 0 Å². The first-order valence-corrected chi connectivity index (χ1v) is 10.8. The topological polar surface area (TPSA) is 52.9 Å². The van der Waals surface area contributed by atoms with Gasteiger partial charge in [0.1, 0.15) is 5.75 Å². The van der Waals surface area contributed by atoms with E-state index in [9.17, 15) is 9.90 Å². The highest BCUT2D eigenvalue weighted by Gasteiger charge is 2.57. The summed E-state index contributed by atoms with van der Waals surface area (Å²) in [6, 6.07) is 15.9. The second-order valence-electron chi connectivity index (χ2n) is 9.56. The molecule has 0 spiro atoms. The molecule has 5 rings (SSSR count). The van der Waals surface area contributed by atoms with E-state index in [1.165, 1.54) is 5.56 Å². The quantitative estimate of drug-likeness (QED) is 0.819. The van der Waals surface area contributed by atoms with Gasteiger partial charge in [0.25, 0.3) is 5.91 Å². The number of fused-ring (bicyclic) bond motifs is 4. The van der Waals surface area contributed by atoms with Crippen molar-refractivity contribution in [2.24, 2.45) is 10.4 Å². The van der Waals surface area contributed by atoms with Crippen LogP contribution in [-0.2, 0) is 16.6 Å². The number of likely N-dealkylation sites (tertiary alicyclic amines) is 1. The number of aromatic hydroxyl groups is 1. The summed E-state index contributed by atoms with van der Waals surface area (Å²) in [6.07, 6.45) is 3.53. The van der Waals surface area contributed by atoms with Crippen LogP contribution in [0.25, 0.3) is 0 Å². The molecule has 1 saturated heterocycles. The lowest BCUT2D eigenvalue weighted by Gasteiger charge is -2.60. The van der Waals surface area contributed by atoms with E-state index in [4.69, 9.17) is 0 Å². The standard InChI is InChI=1S/C26H28N2O2/c1-25(2)23-15-19-20(10-7-11-22(19)29)26(25,3)12-13-28(23)24(30)18-14-21(27-16-18)17-8-5-4-6-9-17/h4-11,14,23,29H,12-13,15-16H2,1-3H3/t23-,26+/m1/s1. The summed E-state index contributed by atoms with van der Waals surface area (Å²) in [7, 11) is 0. The molecule has 2 aromatic rings. The third-order valence-electron chi connectivity index (χ3n) is 7.96. The molecule has 1 fully saturated rings. The second kappa shape index (κ2) is 6.56. The molecular formula is C26H28N2O2. The third kappa shape index (κ3) is 2.59. The number of nitrogens with zero attached hydrogens (tertiary/aromatic N) is 2. The van der Waals surface area contributed by atoms with Crippen molar-refractivity contribution < 1.29 is 9.90 Å². The van der Waals surface area contributed by atoms with Crippen LogP contribution in [0.3, 0.4) is 0 Å². The molecule has 2 atom stereocenters. The highest BCUT2D eigenvalue weighted by molar-refractivity contribution is 6.15. The fourth-order valence-electron chi connectivity index (χ4n) is 5.69. The minimum Gasteiger partial charge on any atom is -0.508 e. The van der Waals surface area contributed by atoms with Gasteiger partial charge in [-0.1, -0.05) is 63.2 Å². The summed E-state index contributed by atoms with van der Waals surface area (Å²) in [4.78, 5) is 20.3. The van der Waals surface area contributed by atoms with Crippen LogP contribution in [0.15, 0.2) is 65.2 Å². The summed E-state index contributed by atoms with van der Waals surface area (Å²) in [5, 5.41) is 10.6. The van der Waals surface area contributed by atoms with E-state index in [-0.39, 0.29) is 22.8 Å². The minimum absolute atomic E-state index is 0.0474. The zero-order valence-electron chi connectivity index (χ0n) is 17.9. The molecule has 1 amide bonds. The number of hydrogen-bond acceptors (Lipinski definition) is 3. The van der Waals surface area contributed by atoms with Crippen molar-refractivity contribution >= 4 is 11.6 Å². The summed E-state index contributed by atoms with van der Waals surface area (Å²) in [5.41, 5.74) is 4.76. The Bertz CT molecular complexity index is 1080. The Morgan fingerprint density at radius 2 is 1.87 bits per heavy atom. The molecule has 2 aliphatic heterocycles. The largest absolute Gasteiger partial charge is 0.508 e. The number of phenolic OH excluding ortho intramolecular Hbond substituents is 1. The van der Waals surface area contributed by atoms with Gasteiger partial charge in [0.05, 0.1) is 12.3 Å². The van der Waals surface area contributed by atoms with Crippen molar-refractivity contribution in [2.45, 2.75) is 45.1 Å². The maximum absolute atomic E-state index is 13.6. The van der Waals surface area contributed by atoms with Crippen LogP contribution in [0, 0.1) is 5.41 Å². The Hall–Kier alpha value is -2.88. The number of amides is 1. The van der Waals surface area contributed by atoms with Gasteiger partial charge in [-0.3, -0.25) is 9.79 Å². The van der Waals surface area contributed by atoms with Crippen molar-refractivity contribution in [2.75, 3.05) is 13.1 Å². The Kier molecular flexibility index (Phi) is 4.18. The van der Waals surface area contributed by atoms with Gasteiger partial charge >= 0.3 is 0 Å². The molecule has 0 aromatic heterocycles. The monoisotopic (exact) mass is 400 g/mol. The number of rotatable bonds is 2. The van der Waals surface area contributed by atoms with Crippen molar-refractivity contribution in [3.63, 3.8) is 0 Å². The SMILES string of the molecule is CC1(C)[C@H]2Cc3c(O)cccc3[C@]1(C)CCN2C(=O)C1=CC(c2ccccc2)=NC1. The third-order valence-corrected chi connectivity index (χ3v) is 7.96. The maximum atomic E-state index is 13.6. The molecule has 0 saturated carbocycles. The van der Waals surface area contributed by atoms with Crippen LogP contribution >= 0.6 is 0 Å². The molecule has 0 unspecified atom stereocenters. The lowest BCUT2D eigenvalue weighted by molar-refractivity contribution is -0.139. The Balaban J connectivity index is 1.48. The van der Waals surface area contributed by atoms with Crippen LogP contribution < -0.4 is 0 Å². The highest BCUT2D eigenvalue weighted by Crippen LogP contribution is 2.57. The van der Waals surface area contributed by atoms with Crippen LogP contribution in [-0.4, -0.2) is 40.8 Å². The van der Waals surface area contributed by atoms with Gasteiger partial charge in [0, 0.05) is 23.6 Å². The minimum atomic E-state index is -0.0933. The number of hydrogen-bond donors (Lipinski definition) is 1. The van der Waals surface area contributed by atoms with Crippen molar-refractivity contribution in [1.29, 1.82) is 0 Å². The first kappa shape index (κ1) is 19.1. The average Bonchev–Trinajstić information content (AvgIpc) is 3.22. The lowest BCUT2D eigenvalue weighted by Crippen LogP contribution is -2.65. The van der Waals surface area contributed by atoms with E-state index in [0.29, 0.717) is 18.7 Å². The molecule has 30 heavy (non-hydrogen) atoms. The normalized spacial score (nSPS) is 26.6. The van der Waals surface area contributed by atoms with Gasteiger partial charge in [-0.05, 0) is 47.1 Å². The molecule has 1 N–H and O–H groups in total. The fourth-order valence-corrected chi connectivity index (χ4v) is 5.69.